The second-order valence-corrected chi connectivity index (χ2v) is 6.71. The number of carbonyl (C=O) groups is 1. The summed E-state index contributed by atoms with van der Waals surface area (Å²) in [6, 6.07) is 9.48. The fourth-order valence-electron chi connectivity index (χ4n) is 3.17. The molecule has 2 N–H and O–H groups in total. The van der Waals surface area contributed by atoms with E-state index in [2.05, 4.69) is 31.1 Å². The maximum atomic E-state index is 12.6. The van der Waals surface area contributed by atoms with Gasteiger partial charge < -0.3 is 14.6 Å². The Morgan fingerprint density at radius 1 is 1.25 bits per heavy atom. The van der Waals surface area contributed by atoms with Gasteiger partial charge >= 0.3 is 6.03 Å². The molecule has 28 heavy (non-hydrogen) atoms. The summed E-state index contributed by atoms with van der Waals surface area (Å²) in [7, 11) is 0. The Morgan fingerprint density at radius 2 is 2.04 bits per heavy atom. The molecule has 3 aromatic rings. The molecule has 2 amide bonds. The number of aromatic nitrogens is 5. The van der Waals surface area contributed by atoms with Crippen molar-refractivity contribution in [3.8, 4) is 0 Å². The zero-order chi connectivity index (χ0) is 19.4. The van der Waals surface area contributed by atoms with Crippen LogP contribution in [0.4, 0.5) is 10.6 Å². The smallest absolute Gasteiger partial charge is 0.321 e. The van der Waals surface area contributed by atoms with Gasteiger partial charge in [0.2, 0.25) is 0 Å². The van der Waals surface area contributed by atoms with Crippen LogP contribution >= 0.6 is 0 Å². The minimum absolute atomic E-state index is 0.359. The maximum Gasteiger partial charge on any atom is 0.321 e. The molecule has 10 nitrogen and oxygen atoms in total. The van der Waals surface area contributed by atoms with Crippen molar-refractivity contribution < 1.29 is 14.1 Å². The van der Waals surface area contributed by atoms with E-state index in [0.717, 1.165) is 5.56 Å². The molecule has 1 saturated heterocycles. The molecule has 0 atom stereocenters. The van der Waals surface area contributed by atoms with Crippen LogP contribution in [0, 0.1) is 6.92 Å². The highest BCUT2D eigenvalue weighted by Crippen LogP contribution is 2.31. The van der Waals surface area contributed by atoms with Crippen molar-refractivity contribution in [2.24, 2.45) is 0 Å². The lowest BCUT2D eigenvalue weighted by atomic mass is 9.90. The van der Waals surface area contributed by atoms with E-state index in [1.807, 2.05) is 30.3 Å². The molecule has 0 radical (unpaired) electrons. The molecule has 4 rings (SSSR count). The number of ether oxygens (including phenoxy) is 1. The molecule has 0 unspecified atom stereocenters. The van der Waals surface area contributed by atoms with Crippen molar-refractivity contribution in [3.05, 3.63) is 53.8 Å². The van der Waals surface area contributed by atoms with Crippen molar-refractivity contribution >= 4 is 11.8 Å². The van der Waals surface area contributed by atoms with Gasteiger partial charge in [0.15, 0.2) is 11.6 Å². The SMILES string of the molecule is Cc1noc(C2(NC(=O)Nc3cn(Cc4ccccc4)nn3)CCOCC2)n1. The average molecular weight is 383 g/mol. The summed E-state index contributed by atoms with van der Waals surface area (Å²) < 4.78 is 12.4. The molecule has 1 fully saturated rings. The molecular weight excluding hydrogens is 362 g/mol. The first-order chi connectivity index (χ1) is 13.6. The van der Waals surface area contributed by atoms with E-state index in [1.54, 1.807) is 17.8 Å². The predicted molar refractivity (Wildman–Crippen MR) is 98.5 cm³/mol. The van der Waals surface area contributed by atoms with Gasteiger partial charge in [-0.15, -0.1) is 5.10 Å². The zero-order valence-corrected chi connectivity index (χ0v) is 15.5. The summed E-state index contributed by atoms with van der Waals surface area (Å²) in [6.07, 6.45) is 2.77. The van der Waals surface area contributed by atoms with Gasteiger partial charge in [-0.1, -0.05) is 40.7 Å². The average Bonchev–Trinajstić information content (AvgIpc) is 3.32. The minimum Gasteiger partial charge on any atom is -0.381 e. The molecule has 1 aromatic carbocycles. The normalized spacial score (nSPS) is 15.9. The van der Waals surface area contributed by atoms with E-state index in [-0.39, 0.29) is 0 Å². The second-order valence-electron chi connectivity index (χ2n) is 6.71. The number of amides is 2. The van der Waals surface area contributed by atoms with Crippen LogP contribution in [0.25, 0.3) is 0 Å². The van der Waals surface area contributed by atoms with Gasteiger partial charge in [-0.05, 0) is 12.5 Å². The Morgan fingerprint density at radius 3 is 2.75 bits per heavy atom. The Balaban J connectivity index is 1.43. The molecule has 0 saturated carbocycles. The van der Waals surface area contributed by atoms with Gasteiger partial charge in [-0.25, -0.2) is 9.48 Å². The van der Waals surface area contributed by atoms with Gasteiger partial charge in [0.05, 0.1) is 12.7 Å². The van der Waals surface area contributed by atoms with Crippen molar-refractivity contribution in [3.63, 3.8) is 0 Å². The van der Waals surface area contributed by atoms with Crippen LogP contribution in [0.15, 0.2) is 41.1 Å². The minimum atomic E-state index is -0.760. The highest BCUT2D eigenvalue weighted by Gasteiger charge is 2.41. The third kappa shape index (κ3) is 4.01. The van der Waals surface area contributed by atoms with Gasteiger partial charge in [0.25, 0.3) is 5.89 Å². The number of benzene rings is 1. The second kappa shape index (κ2) is 7.77. The van der Waals surface area contributed by atoms with Crippen LogP contribution in [0.1, 0.15) is 30.1 Å². The lowest BCUT2D eigenvalue weighted by Gasteiger charge is -2.34. The molecule has 3 heterocycles. The molecule has 1 aliphatic heterocycles. The largest absolute Gasteiger partial charge is 0.381 e. The van der Waals surface area contributed by atoms with E-state index < -0.39 is 11.6 Å². The Kier molecular flexibility index (Phi) is 5.02. The molecule has 146 valence electrons. The zero-order valence-electron chi connectivity index (χ0n) is 15.5. The Bertz CT molecular complexity index is 932. The number of rotatable bonds is 5. The molecule has 10 heteroatoms. The number of carbonyl (C=O) groups excluding carboxylic acids is 1. The van der Waals surface area contributed by atoms with Crippen molar-refractivity contribution in [1.82, 2.24) is 30.5 Å². The van der Waals surface area contributed by atoms with Crippen molar-refractivity contribution in [2.45, 2.75) is 31.8 Å². The quantitative estimate of drug-likeness (QED) is 0.690. The van der Waals surface area contributed by atoms with Crippen LogP contribution in [0.2, 0.25) is 0 Å². The summed E-state index contributed by atoms with van der Waals surface area (Å²) >= 11 is 0. The van der Waals surface area contributed by atoms with Crippen LogP contribution in [-0.2, 0) is 16.8 Å². The summed E-state index contributed by atoms with van der Waals surface area (Å²) in [5.41, 5.74) is 0.334. The summed E-state index contributed by atoms with van der Waals surface area (Å²) in [4.78, 5) is 16.9. The third-order valence-corrected chi connectivity index (χ3v) is 4.60. The number of hydrogen-bond acceptors (Lipinski definition) is 7. The third-order valence-electron chi connectivity index (χ3n) is 4.60. The summed E-state index contributed by atoms with van der Waals surface area (Å²) in [5.74, 6) is 1.26. The molecule has 1 aliphatic rings. The van der Waals surface area contributed by atoms with E-state index in [4.69, 9.17) is 9.26 Å². The van der Waals surface area contributed by atoms with Gasteiger partial charge in [-0.3, -0.25) is 5.32 Å². The van der Waals surface area contributed by atoms with Gasteiger partial charge in [0.1, 0.15) is 5.54 Å². The lowest BCUT2D eigenvalue weighted by Crippen LogP contribution is -2.51. The number of hydrogen-bond donors (Lipinski definition) is 2. The van der Waals surface area contributed by atoms with Crippen molar-refractivity contribution in [1.29, 1.82) is 0 Å². The monoisotopic (exact) mass is 383 g/mol. The van der Waals surface area contributed by atoms with E-state index in [9.17, 15) is 4.79 Å². The van der Waals surface area contributed by atoms with Crippen LogP contribution in [0.5, 0.6) is 0 Å². The van der Waals surface area contributed by atoms with E-state index in [0.29, 0.717) is 50.1 Å². The van der Waals surface area contributed by atoms with Crippen molar-refractivity contribution in [2.75, 3.05) is 18.5 Å². The Hall–Kier alpha value is -3.27. The number of nitrogens with one attached hydrogen (secondary N) is 2. The maximum absolute atomic E-state index is 12.6. The lowest BCUT2D eigenvalue weighted by molar-refractivity contribution is 0.0285. The number of urea groups is 1. The molecule has 2 aromatic heterocycles. The molecule has 0 bridgehead atoms. The highest BCUT2D eigenvalue weighted by atomic mass is 16.5. The first-order valence-corrected chi connectivity index (χ1v) is 9.05. The predicted octanol–water partition coefficient (Wildman–Crippen LogP) is 1.85. The first-order valence-electron chi connectivity index (χ1n) is 9.05. The fraction of sp³-hybridized carbons (Fsp3) is 0.389. The molecule has 0 spiro atoms. The van der Waals surface area contributed by atoms with E-state index >= 15 is 0 Å². The number of anilines is 1. The topological polar surface area (TPSA) is 120 Å². The molecule has 0 aliphatic carbocycles. The number of aryl methyl sites for hydroxylation is 1. The van der Waals surface area contributed by atoms with Crippen LogP contribution in [-0.4, -0.2) is 44.4 Å². The van der Waals surface area contributed by atoms with E-state index in [1.165, 1.54) is 0 Å². The number of nitrogens with zero attached hydrogens (tertiary/aromatic N) is 5. The highest BCUT2D eigenvalue weighted by molar-refractivity contribution is 5.88. The standard InChI is InChI=1S/C18H21N7O3/c1-13-19-16(28-23-13)18(7-9-27-10-8-18)21-17(26)20-15-12-25(24-22-15)11-14-5-3-2-4-6-14/h2-6,12H,7-11H2,1H3,(H2,20,21,26). The fourth-order valence-corrected chi connectivity index (χ4v) is 3.17. The Labute approximate surface area is 161 Å². The van der Waals surface area contributed by atoms with Crippen LogP contribution < -0.4 is 10.6 Å². The van der Waals surface area contributed by atoms with Gasteiger partial charge in [-0.2, -0.15) is 4.98 Å². The summed E-state index contributed by atoms with van der Waals surface area (Å²) in [6.45, 7) is 3.30. The van der Waals surface area contributed by atoms with Gasteiger partial charge in [0, 0.05) is 26.1 Å². The summed E-state index contributed by atoms with van der Waals surface area (Å²) in [5, 5.41) is 17.6. The molecular formula is C18H21N7O3. The van der Waals surface area contributed by atoms with Crippen LogP contribution in [0.3, 0.4) is 0 Å². The first kappa shape index (κ1) is 18.1.